The first-order valence-corrected chi connectivity index (χ1v) is 11.3. The summed E-state index contributed by atoms with van der Waals surface area (Å²) < 4.78 is 30.4. The number of aromatic nitrogens is 2. The second-order valence-electron chi connectivity index (χ2n) is 7.00. The molecule has 3 aromatic rings. The van der Waals surface area contributed by atoms with Crippen LogP contribution in [0.2, 0.25) is 0 Å². The van der Waals surface area contributed by atoms with E-state index in [2.05, 4.69) is 17.2 Å². The SMILES string of the molecule is CCCn1c(CCC(=O)NCc2ccc(OC)cc2)nc2cc(S(N)(=O)=O)ccc21. The molecule has 0 aliphatic rings. The van der Waals surface area contributed by atoms with Gasteiger partial charge in [-0.1, -0.05) is 19.1 Å². The number of aryl methyl sites for hydroxylation is 2. The molecule has 1 amide bonds. The van der Waals surface area contributed by atoms with Gasteiger partial charge in [-0.15, -0.1) is 0 Å². The van der Waals surface area contributed by atoms with Crippen molar-refractivity contribution in [1.82, 2.24) is 14.9 Å². The second kappa shape index (κ2) is 9.27. The molecule has 1 aromatic heterocycles. The van der Waals surface area contributed by atoms with Crippen LogP contribution in [0, 0.1) is 0 Å². The fourth-order valence-electron chi connectivity index (χ4n) is 3.26. The Hall–Kier alpha value is -2.91. The Bertz CT molecular complexity index is 1140. The number of rotatable bonds is 9. The van der Waals surface area contributed by atoms with Crippen LogP contribution in [-0.2, 0) is 34.3 Å². The van der Waals surface area contributed by atoms with Crippen molar-refractivity contribution in [2.75, 3.05) is 7.11 Å². The lowest BCUT2D eigenvalue weighted by Crippen LogP contribution is -2.23. The molecule has 2 aromatic carbocycles. The molecule has 1 heterocycles. The third kappa shape index (κ3) is 5.17. The van der Waals surface area contributed by atoms with E-state index in [4.69, 9.17) is 9.88 Å². The Morgan fingerprint density at radius 3 is 2.57 bits per heavy atom. The summed E-state index contributed by atoms with van der Waals surface area (Å²) in [4.78, 5) is 16.9. The van der Waals surface area contributed by atoms with Crippen molar-refractivity contribution in [1.29, 1.82) is 0 Å². The minimum atomic E-state index is -3.80. The Morgan fingerprint density at radius 1 is 1.20 bits per heavy atom. The molecule has 0 bridgehead atoms. The molecule has 3 rings (SSSR count). The van der Waals surface area contributed by atoms with Crippen molar-refractivity contribution >= 4 is 27.0 Å². The van der Waals surface area contributed by atoms with E-state index in [1.54, 1.807) is 13.2 Å². The van der Waals surface area contributed by atoms with Gasteiger partial charge in [0, 0.05) is 25.9 Å². The number of sulfonamides is 1. The predicted octanol–water partition coefficient (Wildman–Crippen LogP) is 2.35. The van der Waals surface area contributed by atoms with Crippen LogP contribution in [-0.4, -0.2) is 31.0 Å². The maximum absolute atomic E-state index is 12.3. The molecule has 0 spiro atoms. The van der Waals surface area contributed by atoms with E-state index < -0.39 is 10.0 Å². The first kappa shape index (κ1) is 21.8. The number of fused-ring (bicyclic) bond motifs is 1. The van der Waals surface area contributed by atoms with Gasteiger partial charge < -0.3 is 14.6 Å². The zero-order chi connectivity index (χ0) is 21.7. The molecular formula is C21H26N4O4S. The molecule has 0 saturated heterocycles. The number of carbonyl (C=O) groups is 1. The number of methoxy groups -OCH3 is 1. The monoisotopic (exact) mass is 430 g/mol. The molecule has 30 heavy (non-hydrogen) atoms. The maximum atomic E-state index is 12.3. The van der Waals surface area contributed by atoms with E-state index in [0.29, 0.717) is 18.5 Å². The van der Waals surface area contributed by atoms with Crippen LogP contribution in [0.3, 0.4) is 0 Å². The third-order valence-corrected chi connectivity index (χ3v) is 5.71. The van der Waals surface area contributed by atoms with Gasteiger partial charge in [0.1, 0.15) is 11.6 Å². The Labute approximate surface area is 176 Å². The van der Waals surface area contributed by atoms with Crippen LogP contribution in [0.5, 0.6) is 5.75 Å². The summed E-state index contributed by atoms with van der Waals surface area (Å²) in [6, 6.07) is 12.2. The predicted molar refractivity (Wildman–Crippen MR) is 115 cm³/mol. The van der Waals surface area contributed by atoms with Crippen LogP contribution >= 0.6 is 0 Å². The van der Waals surface area contributed by atoms with E-state index in [0.717, 1.165) is 35.6 Å². The summed E-state index contributed by atoms with van der Waals surface area (Å²) in [5, 5.41) is 8.13. The van der Waals surface area contributed by atoms with Crippen LogP contribution in [0.1, 0.15) is 31.2 Å². The van der Waals surface area contributed by atoms with Gasteiger partial charge in [0.15, 0.2) is 0 Å². The van der Waals surface area contributed by atoms with Gasteiger partial charge in [0.05, 0.1) is 23.0 Å². The van der Waals surface area contributed by atoms with Crippen LogP contribution in [0.4, 0.5) is 0 Å². The third-order valence-electron chi connectivity index (χ3n) is 4.80. The van der Waals surface area contributed by atoms with Gasteiger partial charge in [-0.05, 0) is 42.3 Å². The minimum Gasteiger partial charge on any atom is -0.497 e. The lowest BCUT2D eigenvalue weighted by molar-refractivity contribution is -0.121. The van der Waals surface area contributed by atoms with E-state index in [-0.39, 0.29) is 17.2 Å². The van der Waals surface area contributed by atoms with Crippen molar-refractivity contribution in [3.63, 3.8) is 0 Å². The number of hydrogen-bond acceptors (Lipinski definition) is 5. The summed E-state index contributed by atoms with van der Waals surface area (Å²) in [6.45, 7) is 3.22. The Morgan fingerprint density at radius 2 is 1.93 bits per heavy atom. The van der Waals surface area contributed by atoms with Gasteiger partial charge in [-0.25, -0.2) is 18.5 Å². The second-order valence-corrected chi connectivity index (χ2v) is 8.56. The highest BCUT2D eigenvalue weighted by molar-refractivity contribution is 7.89. The molecule has 0 saturated carbocycles. The molecule has 9 heteroatoms. The van der Waals surface area contributed by atoms with Crippen molar-refractivity contribution in [2.24, 2.45) is 5.14 Å². The summed E-state index contributed by atoms with van der Waals surface area (Å²) in [6.07, 6.45) is 1.62. The summed E-state index contributed by atoms with van der Waals surface area (Å²) >= 11 is 0. The molecule has 0 radical (unpaired) electrons. The first-order chi connectivity index (χ1) is 14.3. The summed E-state index contributed by atoms with van der Waals surface area (Å²) in [5.74, 6) is 1.44. The highest BCUT2D eigenvalue weighted by Gasteiger charge is 2.15. The average Bonchev–Trinajstić information content (AvgIpc) is 3.07. The fraction of sp³-hybridized carbons (Fsp3) is 0.333. The van der Waals surface area contributed by atoms with Crippen molar-refractivity contribution in [3.8, 4) is 5.75 Å². The number of imidazole rings is 1. The number of benzene rings is 2. The van der Waals surface area contributed by atoms with Crippen molar-refractivity contribution in [2.45, 2.75) is 44.2 Å². The average molecular weight is 431 g/mol. The number of amides is 1. The number of ether oxygens (including phenoxy) is 1. The van der Waals surface area contributed by atoms with E-state index in [1.165, 1.54) is 12.1 Å². The molecular weight excluding hydrogens is 404 g/mol. The Kier molecular flexibility index (Phi) is 6.73. The zero-order valence-electron chi connectivity index (χ0n) is 17.1. The van der Waals surface area contributed by atoms with Gasteiger partial charge in [-0.3, -0.25) is 4.79 Å². The molecule has 0 aliphatic carbocycles. The lowest BCUT2D eigenvalue weighted by atomic mass is 10.2. The van der Waals surface area contributed by atoms with Crippen molar-refractivity contribution in [3.05, 3.63) is 53.9 Å². The number of primary sulfonamides is 1. The van der Waals surface area contributed by atoms with E-state index in [9.17, 15) is 13.2 Å². The first-order valence-electron chi connectivity index (χ1n) is 9.73. The fourth-order valence-corrected chi connectivity index (χ4v) is 3.79. The smallest absolute Gasteiger partial charge is 0.238 e. The number of carbonyl (C=O) groups excluding carboxylic acids is 1. The van der Waals surface area contributed by atoms with Gasteiger partial charge in [0.25, 0.3) is 0 Å². The molecule has 8 nitrogen and oxygen atoms in total. The van der Waals surface area contributed by atoms with Gasteiger partial charge >= 0.3 is 0 Å². The van der Waals surface area contributed by atoms with Gasteiger partial charge in [0.2, 0.25) is 15.9 Å². The molecule has 160 valence electrons. The highest BCUT2D eigenvalue weighted by Crippen LogP contribution is 2.21. The van der Waals surface area contributed by atoms with Crippen LogP contribution in [0.25, 0.3) is 11.0 Å². The summed E-state index contributed by atoms with van der Waals surface area (Å²) in [5.41, 5.74) is 2.37. The topological polar surface area (TPSA) is 116 Å². The standard InChI is InChI=1S/C21H26N4O4S/c1-3-12-25-19-9-8-17(30(22,27)28)13-18(19)24-20(25)10-11-21(26)23-14-15-4-6-16(29-2)7-5-15/h4-9,13H,3,10-12,14H2,1-2H3,(H,23,26)(H2,22,27,28). The summed E-state index contributed by atoms with van der Waals surface area (Å²) in [7, 11) is -2.19. The van der Waals surface area contributed by atoms with Gasteiger partial charge in [-0.2, -0.15) is 0 Å². The van der Waals surface area contributed by atoms with Crippen molar-refractivity contribution < 1.29 is 17.9 Å². The van der Waals surface area contributed by atoms with E-state index >= 15 is 0 Å². The normalized spacial score (nSPS) is 11.6. The number of nitrogens with two attached hydrogens (primary N) is 1. The lowest BCUT2D eigenvalue weighted by Gasteiger charge is -2.09. The molecule has 0 unspecified atom stereocenters. The van der Waals surface area contributed by atoms with Crippen LogP contribution < -0.4 is 15.2 Å². The molecule has 0 fully saturated rings. The molecule has 3 N–H and O–H groups in total. The minimum absolute atomic E-state index is 0.0277. The zero-order valence-corrected chi connectivity index (χ0v) is 17.9. The molecule has 0 aliphatic heterocycles. The highest BCUT2D eigenvalue weighted by atomic mass is 32.2. The molecule has 0 atom stereocenters. The largest absolute Gasteiger partial charge is 0.497 e. The maximum Gasteiger partial charge on any atom is 0.238 e. The van der Waals surface area contributed by atoms with Crippen LogP contribution in [0.15, 0.2) is 47.4 Å². The quantitative estimate of drug-likeness (QED) is 0.540. The number of hydrogen-bond donors (Lipinski definition) is 2. The number of nitrogens with zero attached hydrogens (tertiary/aromatic N) is 2. The Balaban J connectivity index is 1.69. The number of nitrogens with one attached hydrogen (secondary N) is 1. The van der Waals surface area contributed by atoms with E-state index in [1.807, 2.05) is 28.8 Å².